The normalized spacial score (nSPS) is 11.8. The first-order valence-corrected chi connectivity index (χ1v) is 10.7. The van der Waals surface area contributed by atoms with Crippen LogP contribution in [0.25, 0.3) is 11.3 Å². The molecule has 0 aliphatic heterocycles. The van der Waals surface area contributed by atoms with Crippen molar-refractivity contribution < 1.29 is 22.9 Å². The van der Waals surface area contributed by atoms with Crippen LogP contribution in [0.5, 0.6) is 0 Å². The number of rotatable bonds is 7. The molecule has 0 saturated heterocycles. The van der Waals surface area contributed by atoms with Gasteiger partial charge in [-0.3, -0.25) is 14.9 Å². The molecule has 11 heteroatoms. The molecule has 1 aromatic carbocycles. The number of anilines is 2. The number of carbonyl (C=O) groups excluding carboxylic acids is 2. The van der Waals surface area contributed by atoms with Crippen molar-refractivity contribution in [2.75, 3.05) is 11.1 Å². The molecule has 5 N–H and O–H groups in total. The van der Waals surface area contributed by atoms with E-state index in [-0.39, 0.29) is 45.5 Å². The largest absolute Gasteiger partial charge is 0.383 e. The summed E-state index contributed by atoms with van der Waals surface area (Å²) in [7, 11) is 0. The van der Waals surface area contributed by atoms with Crippen LogP contribution >= 0.6 is 0 Å². The lowest BCUT2D eigenvalue weighted by atomic mass is 9.91. The molecule has 34 heavy (non-hydrogen) atoms. The van der Waals surface area contributed by atoms with E-state index in [1.54, 1.807) is 19.9 Å². The van der Waals surface area contributed by atoms with Gasteiger partial charge in [-0.2, -0.15) is 5.10 Å². The number of amides is 2. The van der Waals surface area contributed by atoms with Crippen molar-refractivity contribution in [2.45, 2.75) is 53.5 Å². The first-order chi connectivity index (χ1) is 15.8. The molecule has 182 valence electrons. The quantitative estimate of drug-likeness (QED) is 0.475. The van der Waals surface area contributed by atoms with Crippen LogP contribution < -0.4 is 16.8 Å². The van der Waals surface area contributed by atoms with Gasteiger partial charge in [0.15, 0.2) is 11.6 Å². The Morgan fingerprint density at radius 1 is 1.21 bits per heavy atom. The summed E-state index contributed by atoms with van der Waals surface area (Å²) in [4.78, 5) is 24.3. The number of nitrogens with zero attached hydrogens (tertiary/aromatic N) is 3. The third kappa shape index (κ3) is 5.24. The van der Waals surface area contributed by atoms with Gasteiger partial charge < -0.3 is 16.0 Å². The van der Waals surface area contributed by atoms with Crippen LogP contribution in [-0.4, -0.2) is 26.8 Å². The van der Waals surface area contributed by atoms with E-state index in [2.05, 4.69) is 15.6 Å². The molecule has 0 radical (unpaired) electrons. The van der Waals surface area contributed by atoms with E-state index in [4.69, 9.17) is 16.0 Å². The minimum atomic E-state index is -1.27. The minimum Gasteiger partial charge on any atom is -0.383 e. The molecule has 0 aliphatic carbocycles. The summed E-state index contributed by atoms with van der Waals surface area (Å²) >= 11 is 0. The van der Waals surface area contributed by atoms with Crippen LogP contribution in [-0.2, 0) is 17.6 Å². The number of nitrogen functional groups attached to an aromatic ring is 1. The standard InChI is InChI=1S/C23H28F2N6O3/c1-11(2)31-21(26)17(22(27)33)20(29-31)14-7-6-12(18(24)19(14)25)8-15(32)28-16-9-13(30-34-16)10-23(3,4)5/h6-7,9,11H,8,10,26H2,1-5H3,(H2,27,33)(H,28,32). The Labute approximate surface area is 195 Å². The smallest absolute Gasteiger partial charge is 0.254 e. The third-order valence-electron chi connectivity index (χ3n) is 4.98. The second-order valence-corrected chi connectivity index (χ2v) is 9.56. The van der Waals surface area contributed by atoms with Crippen molar-refractivity contribution in [3.63, 3.8) is 0 Å². The zero-order valence-electron chi connectivity index (χ0n) is 19.7. The molecule has 9 nitrogen and oxygen atoms in total. The third-order valence-corrected chi connectivity index (χ3v) is 4.98. The highest BCUT2D eigenvalue weighted by atomic mass is 19.2. The molecule has 2 heterocycles. The number of nitrogens with two attached hydrogens (primary N) is 2. The molecule has 0 atom stereocenters. The van der Waals surface area contributed by atoms with Crippen LogP contribution in [0.4, 0.5) is 20.5 Å². The van der Waals surface area contributed by atoms with Gasteiger partial charge in [0.1, 0.15) is 17.1 Å². The first-order valence-electron chi connectivity index (χ1n) is 10.7. The van der Waals surface area contributed by atoms with Gasteiger partial charge in [-0.15, -0.1) is 0 Å². The number of carbonyl (C=O) groups is 2. The highest BCUT2D eigenvalue weighted by molar-refractivity contribution is 6.03. The summed E-state index contributed by atoms with van der Waals surface area (Å²) in [6, 6.07) is 3.82. The number of nitrogens with one attached hydrogen (secondary N) is 1. The molecule has 0 unspecified atom stereocenters. The summed E-state index contributed by atoms with van der Waals surface area (Å²) in [5.74, 6) is -3.97. The van der Waals surface area contributed by atoms with Gasteiger partial charge in [0, 0.05) is 23.2 Å². The van der Waals surface area contributed by atoms with E-state index < -0.39 is 29.9 Å². The van der Waals surface area contributed by atoms with E-state index in [0.717, 1.165) is 0 Å². The topological polar surface area (TPSA) is 142 Å². The maximum absolute atomic E-state index is 15.0. The van der Waals surface area contributed by atoms with Crippen LogP contribution in [0.15, 0.2) is 22.7 Å². The summed E-state index contributed by atoms with van der Waals surface area (Å²) in [6.07, 6.45) is 0.182. The number of hydrogen-bond acceptors (Lipinski definition) is 6. The average Bonchev–Trinajstić information content (AvgIpc) is 3.27. The molecule has 2 aromatic heterocycles. The van der Waals surface area contributed by atoms with Crippen molar-refractivity contribution in [1.82, 2.24) is 14.9 Å². The highest BCUT2D eigenvalue weighted by Crippen LogP contribution is 2.32. The number of primary amides is 1. The summed E-state index contributed by atoms with van der Waals surface area (Å²) in [6.45, 7) is 9.63. The fourth-order valence-electron chi connectivity index (χ4n) is 3.53. The minimum absolute atomic E-state index is 0.0232. The van der Waals surface area contributed by atoms with E-state index in [1.807, 2.05) is 20.8 Å². The summed E-state index contributed by atoms with van der Waals surface area (Å²) in [5.41, 5.74) is 11.1. The molecule has 3 rings (SSSR count). The van der Waals surface area contributed by atoms with Gasteiger partial charge >= 0.3 is 0 Å². The lowest BCUT2D eigenvalue weighted by Crippen LogP contribution is -2.16. The lowest BCUT2D eigenvalue weighted by Gasteiger charge is -2.14. The monoisotopic (exact) mass is 474 g/mol. The second-order valence-electron chi connectivity index (χ2n) is 9.56. The second kappa shape index (κ2) is 9.24. The van der Waals surface area contributed by atoms with Gasteiger partial charge in [-0.25, -0.2) is 13.5 Å². The molecule has 3 aromatic rings. The fraction of sp³-hybridized carbons (Fsp3) is 0.391. The van der Waals surface area contributed by atoms with Crippen LogP contribution in [0.1, 0.15) is 62.3 Å². The first kappa shape index (κ1) is 24.9. The lowest BCUT2D eigenvalue weighted by molar-refractivity contribution is -0.115. The van der Waals surface area contributed by atoms with Gasteiger partial charge in [0.2, 0.25) is 11.8 Å². The van der Waals surface area contributed by atoms with E-state index in [1.165, 1.54) is 16.8 Å². The van der Waals surface area contributed by atoms with Gasteiger partial charge in [0.05, 0.1) is 12.1 Å². The van der Waals surface area contributed by atoms with Gasteiger partial charge in [-0.05, 0) is 31.7 Å². The van der Waals surface area contributed by atoms with E-state index in [9.17, 15) is 18.4 Å². The Balaban J connectivity index is 1.84. The number of halogens is 2. The van der Waals surface area contributed by atoms with Crippen LogP contribution in [0.2, 0.25) is 0 Å². The summed E-state index contributed by atoms with van der Waals surface area (Å²) in [5, 5.41) is 10.6. The Morgan fingerprint density at radius 2 is 1.88 bits per heavy atom. The van der Waals surface area contributed by atoms with E-state index >= 15 is 0 Å². The summed E-state index contributed by atoms with van der Waals surface area (Å²) < 4.78 is 36.3. The van der Waals surface area contributed by atoms with Crippen molar-refractivity contribution in [1.29, 1.82) is 0 Å². The van der Waals surface area contributed by atoms with Crippen molar-refractivity contribution in [3.05, 3.63) is 46.7 Å². The average molecular weight is 475 g/mol. The number of benzene rings is 1. The van der Waals surface area contributed by atoms with Crippen LogP contribution in [0, 0.1) is 17.0 Å². The Morgan fingerprint density at radius 3 is 2.47 bits per heavy atom. The molecule has 0 fully saturated rings. The molecule has 0 bridgehead atoms. The maximum atomic E-state index is 15.0. The van der Waals surface area contributed by atoms with Crippen LogP contribution in [0.3, 0.4) is 0 Å². The SMILES string of the molecule is CC(C)n1nc(-c2ccc(CC(=O)Nc3cc(CC(C)(C)C)no3)c(F)c2F)c(C(N)=O)c1N. The molecular formula is C23H28F2N6O3. The fourth-order valence-corrected chi connectivity index (χ4v) is 3.53. The Kier molecular flexibility index (Phi) is 6.76. The maximum Gasteiger partial charge on any atom is 0.254 e. The Hall–Kier alpha value is -3.76. The molecule has 2 amide bonds. The molecule has 0 saturated carbocycles. The zero-order valence-corrected chi connectivity index (χ0v) is 19.7. The molecular weight excluding hydrogens is 446 g/mol. The van der Waals surface area contributed by atoms with Gasteiger partial charge in [0.25, 0.3) is 5.91 Å². The van der Waals surface area contributed by atoms with Gasteiger partial charge in [-0.1, -0.05) is 32.0 Å². The predicted molar refractivity (Wildman–Crippen MR) is 123 cm³/mol. The number of aromatic nitrogens is 3. The predicted octanol–water partition coefficient (Wildman–Crippen LogP) is 3.85. The number of hydrogen-bond donors (Lipinski definition) is 3. The highest BCUT2D eigenvalue weighted by Gasteiger charge is 2.27. The van der Waals surface area contributed by atoms with Crippen molar-refractivity contribution in [3.8, 4) is 11.3 Å². The zero-order chi connectivity index (χ0) is 25.4. The van der Waals surface area contributed by atoms with Crippen molar-refractivity contribution >= 4 is 23.5 Å². The molecule has 0 aliphatic rings. The van der Waals surface area contributed by atoms with E-state index in [0.29, 0.717) is 12.1 Å². The molecule has 0 spiro atoms. The Bertz CT molecular complexity index is 1240. The van der Waals surface area contributed by atoms with Crippen molar-refractivity contribution in [2.24, 2.45) is 11.1 Å².